The number of nitrogens with one attached hydrogen (secondary N) is 1. The second kappa shape index (κ2) is 9.30. The first-order valence-corrected chi connectivity index (χ1v) is 10.5. The maximum atomic E-state index is 13.0. The fourth-order valence-electron chi connectivity index (χ4n) is 3.59. The summed E-state index contributed by atoms with van der Waals surface area (Å²) in [5, 5.41) is 7.31. The minimum absolute atomic E-state index is 0.0320. The molecular formula is C22H31N7O2. The van der Waals surface area contributed by atoms with E-state index in [1.165, 1.54) is 0 Å². The van der Waals surface area contributed by atoms with E-state index in [0.29, 0.717) is 42.5 Å². The van der Waals surface area contributed by atoms with Gasteiger partial charge in [0.05, 0.1) is 23.4 Å². The topological polar surface area (TPSA) is 88.3 Å². The average molecular weight is 426 g/mol. The molecule has 0 atom stereocenters. The van der Waals surface area contributed by atoms with E-state index in [1.807, 2.05) is 55.6 Å². The van der Waals surface area contributed by atoms with Crippen molar-refractivity contribution in [3.05, 3.63) is 35.7 Å². The number of para-hydroxylation sites is 1. The molecule has 1 N–H and O–H groups in total. The fourth-order valence-corrected chi connectivity index (χ4v) is 3.59. The molecule has 3 rings (SSSR count). The number of carbonyl (C=O) groups is 2. The highest BCUT2D eigenvalue weighted by molar-refractivity contribution is 6.05. The zero-order valence-electron chi connectivity index (χ0n) is 19.1. The van der Waals surface area contributed by atoms with E-state index in [1.54, 1.807) is 22.7 Å². The number of aryl methyl sites for hydroxylation is 3. The van der Waals surface area contributed by atoms with Gasteiger partial charge in [0, 0.05) is 20.1 Å². The molecule has 0 saturated carbocycles. The molecule has 31 heavy (non-hydrogen) atoms. The third-order valence-electron chi connectivity index (χ3n) is 5.05. The SMILES string of the molecule is CCCn1c(NC(=O)c2cc(C)nn2CC)nc2c(N(C)C(=O)CN(C)C)cccc21. The van der Waals surface area contributed by atoms with Crippen molar-refractivity contribution in [2.45, 2.75) is 40.3 Å². The maximum Gasteiger partial charge on any atom is 0.276 e. The van der Waals surface area contributed by atoms with Gasteiger partial charge >= 0.3 is 0 Å². The lowest BCUT2D eigenvalue weighted by Gasteiger charge is -2.20. The Hall–Kier alpha value is -3.20. The maximum absolute atomic E-state index is 13.0. The largest absolute Gasteiger partial charge is 0.312 e. The Kier molecular flexibility index (Phi) is 6.74. The lowest BCUT2D eigenvalue weighted by atomic mass is 10.2. The highest BCUT2D eigenvalue weighted by Gasteiger charge is 2.21. The van der Waals surface area contributed by atoms with Crippen molar-refractivity contribution in [1.29, 1.82) is 0 Å². The van der Waals surface area contributed by atoms with Gasteiger partial charge in [-0.3, -0.25) is 19.6 Å². The molecule has 0 bridgehead atoms. The Balaban J connectivity index is 2.02. The van der Waals surface area contributed by atoms with E-state index in [2.05, 4.69) is 17.3 Å². The first kappa shape index (κ1) is 22.5. The van der Waals surface area contributed by atoms with Crippen molar-refractivity contribution in [3.8, 4) is 0 Å². The molecule has 0 radical (unpaired) electrons. The summed E-state index contributed by atoms with van der Waals surface area (Å²) in [5.41, 5.74) is 3.55. The van der Waals surface area contributed by atoms with Crippen LogP contribution in [0.15, 0.2) is 24.3 Å². The summed E-state index contributed by atoms with van der Waals surface area (Å²) < 4.78 is 3.66. The van der Waals surface area contributed by atoms with Crippen LogP contribution < -0.4 is 10.2 Å². The Morgan fingerprint density at radius 1 is 1.16 bits per heavy atom. The number of hydrogen-bond acceptors (Lipinski definition) is 5. The van der Waals surface area contributed by atoms with Gasteiger partial charge in [0.1, 0.15) is 11.2 Å². The molecule has 2 heterocycles. The monoisotopic (exact) mass is 425 g/mol. The molecule has 0 aliphatic carbocycles. The third kappa shape index (κ3) is 4.61. The number of fused-ring (bicyclic) bond motifs is 1. The quantitative estimate of drug-likeness (QED) is 0.600. The molecule has 0 aliphatic rings. The van der Waals surface area contributed by atoms with Gasteiger partial charge < -0.3 is 14.4 Å². The van der Waals surface area contributed by atoms with Crippen LogP contribution >= 0.6 is 0 Å². The molecule has 0 saturated heterocycles. The van der Waals surface area contributed by atoms with Crippen LogP contribution in [-0.2, 0) is 17.9 Å². The summed E-state index contributed by atoms with van der Waals surface area (Å²) in [6.45, 7) is 7.47. The van der Waals surface area contributed by atoms with Crippen LogP contribution in [0.1, 0.15) is 36.5 Å². The molecule has 0 unspecified atom stereocenters. The van der Waals surface area contributed by atoms with Crippen molar-refractivity contribution >= 4 is 34.5 Å². The molecule has 3 aromatic rings. The molecule has 2 amide bonds. The van der Waals surface area contributed by atoms with Gasteiger partial charge in [-0.1, -0.05) is 13.0 Å². The number of likely N-dealkylation sites (N-methyl/N-ethyl adjacent to an activating group) is 2. The van der Waals surface area contributed by atoms with Crippen LogP contribution in [-0.4, -0.2) is 63.7 Å². The molecule has 2 aromatic heterocycles. The number of benzene rings is 1. The summed E-state index contributed by atoms with van der Waals surface area (Å²) in [4.78, 5) is 33.8. The van der Waals surface area contributed by atoms with Crippen molar-refractivity contribution < 1.29 is 9.59 Å². The average Bonchev–Trinajstić information content (AvgIpc) is 3.27. The highest BCUT2D eigenvalue weighted by atomic mass is 16.2. The van der Waals surface area contributed by atoms with Crippen molar-refractivity contribution in [1.82, 2.24) is 24.2 Å². The van der Waals surface area contributed by atoms with E-state index in [4.69, 9.17) is 4.98 Å². The van der Waals surface area contributed by atoms with Crippen LogP contribution in [0.3, 0.4) is 0 Å². The number of imidazole rings is 1. The molecule has 9 heteroatoms. The fraction of sp³-hybridized carbons (Fsp3) is 0.455. The van der Waals surface area contributed by atoms with Gasteiger partial charge in [-0.25, -0.2) is 4.98 Å². The zero-order valence-corrected chi connectivity index (χ0v) is 19.1. The normalized spacial score (nSPS) is 11.3. The molecule has 0 fully saturated rings. The van der Waals surface area contributed by atoms with Crippen LogP contribution in [0.5, 0.6) is 0 Å². The van der Waals surface area contributed by atoms with E-state index in [-0.39, 0.29) is 11.8 Å². The number of rotatable bonds is 8. The summed E-state index contributed by atoms with van der Waals surface area (Å²) in [6, 6.07) is 7.51. The third-order valence-corrected chi connectivity index (χ3v) is 5.05. The number of amides is 2. The summed E-state index contributed by atoms with van der Waals surface area (Å²) in [5.74, 6) is 0.174. The predicted molar refractivity (Wildman–Crippen MR) is 123 cm³/mol. The molecule has 166 valence electrons. The van der Waals surface area contributed by atoms with Crippen molar-refractivity contribution in [3.63, 3.8) is 0 Å². The van der Waals surface area contributed by atoms with Crippen LogP contribution in [0, 0.1) is 6.92 Å². The Labute approximate surface area is 182 Å². The lowest BCUT2D eigenvalue weighted by Crippen LogP contribution is -2.35. The molecule has 0 spiro atoms. The Bertz CT molecular complexity index is 1100. The van der Waals surface area contributed by atoms with E-state index in [9.17, 15) is 9.59 Å². The predicted octanol–water partition coefficient (Wildman–Crippen LogP) is 2.75. The first-order valence-electron chi connectivity index (χ1n) is 10.5. The second-order valence-electron chi connectivity index (χ2n) is 7.86. The number of anilines is 2. The zero-order chi connectivity index (χ0) is 22.7. The van der Waals surface area contributed by atoms with E-state index < -0.39 is 0 Å². The van der Waals surface area contributed by atoms with Gasteiger partial charge in [0.2, 0.25) is 11.9 Å². The van der Waals surface area contributed by atoms with Crippen molar-refractivity contribution in [2.75, 3.05) is 37.9 Å². The number of nitrogens with zero attached hydrogens (tertiary/aromatic N) is 6. The van der Waals surface area contributed by atoms with Crippen LogP contribution in [0.25, 0.3) is 11.0 Å². The molecule has 9 nitrogen and oxygen atoms in total. The minimum Gasteiger partial charge on any atom is -0.312 e. The molecular weight excluding hydrogens is 394 g/mol. The van der Waals surface area contributed by atoms with Gasteiger partial charge in [0.15, 0.2) is 0 Å². The number of hydrogen-bond donors (Lipinski definition) is 1. The van der Waals surface area contributed by atoms with E-state index >= 15 is 0 Å². The van der Waals surface area contributed by atoms with Gasteiger partial charge in [-0.05, 0) is 52.6 Å². The van der Waals surface area contributed by atoms with Crippen LogP contribution in [0.2, 0.25) is 0 Å². The van der Waals surface area contributed by atoms with Crippen molar-refractivity contribution in [2.24, 2.45) is 0 Å². The summed E-state index contributed by atoms with van der Waals surface area (Å²) in [7, 11) is 5.47. The Morgan fingerprint density at radius 2 is 1.90 bits per heavy atom. The summed E-state index contributed by atoms with van der Waals surface area (Å²) >= 11 is 0. The van der Waals surface area contributed by atoms with Gasteiger partial charge in [-0.15, -0.1) is 0 Å². The second-order valence-corrected chi connectivity index (χ2v) is 7.86. The number of aromatic nitrogens is 4. The standard InChI is InChI=1S/C22H31N7O2/c1-7-12-28-17-11-9-10-16(27(6)19(30)14-26(4)5)20(17)23-22(28)24-21(31)18-13-15(3)25-29(18)8-2/h9-11,13H,7-8,12,14H2,1-6H3,(H,23,24,31). The van der Waals surface area contributed by atoms with E-state index in [0.717, 1.165) is 17.6 Å². The number of carbonyl (C=O) groups excluding carboxylic acids is 2. The highest BCUT2D eigenvalue weighted by Crippen LogP contribution is 2.29. The Morgan fingerprint density at radius 3 is 2.55 bits per heavy atom. The lowest BCUT2D eigenvalue weighted by molar-refractivity contribution is -0.118. The minimum atomic E-state index is -0.256. The molecule has 1 aromatic carbocycles. The first-order chi connectivity index (χ1) is 14.8. The smallest absolute Gasteiger partial charge is 0.276 e. The molecule has 0 aliphatic heterocycles. The van der Waals surface area contributed by atoms with Gasteiger partial charge in [-0.2, -0.15) is 5.10 Å². The van der Waals surface area contributed by atoms with Crippen LogP contribution in [0.4, 0.5) is 11.6 Å². The van der Waals surface area contributed by atoms with Gasteiger partial charge in [0.25, 0.3) is 5.91 Å². The summed E-state index contributed by atoms with van der Waals surface area (Å²) in [6.07, 6.45) is 0.875.